The lowest BCUT2D eigenvalue weighted by molar-refractivity contribution is -0.115. The third-order valence-electron chi connectivity index (χ3n) is 5.12. The molecule has 3 nitrogen and oxygen atoms in total. The van der Waals surface area contributed by atoms with Crippen LogP contribution in [0, 0.1) is 0 Å². The van der Waals surface area contributed by atoms with Gasteiger partial charge >= 0.3 is 0 Å². The molecule has 0 atom stereocenters. The van der Waals surface area contributed by atoms with E-state index in [9.17, 15) is 13.6 Å². The zero-order chi connectivity index (χ0) is 20.5. The first kappa shape index (κ1) is 20.7. The first-order valence-electron chi connectivity index (χ1n) is 9.82. The molecule has 0 spiro atoms. The van der Waals surface area contributed by atoms with E-state index in [-0.39, 0.29) is 23.7 Å². The number of hydrogen-bond acceptors (Lipinski definition) is 4. The van der Waals surface area contributed by atoms with Crippen molar-refractivity contribution in [3.05, 3.63) is 59.7 Å². The molecule has 2 aliphatic rings. The lowest BCUT2D eigenvalue weighted by Crippen LogP contribution is -2.53. The Balaban J connectivity index is 1.30. The minimum atomic E-state index is -2.54. The quantitative estimate of drug-likeness (QED) is 0.435. The van der Waals surface area contributed by atoms with Crippen molar-refractivity contribution in [3.8, 4) is 0 Å². The lowest BCUT2D eigenvalue weighted by Gasteiger charge is -2.39. The van der Waals surface area contributed by atoms with Crippen molar-refractivity contribution >= 4 is 35.3 Å². The smallest absolute Gasteiger partial charge is 0.274 e. The van der Waals surface area contributed by atoms with Crippen LogP contribution in [0.25, 0.3) is 0 Å². The summed E-state index contributed by atoms with van der Waals surface area (Å²) in [6.07, 6.45) is 2.33. The van der Waals surface area contributed by atoms with Crippen molar-refractivity contribution in [2.45, 2.75) is 41.8 Å². The van der Waals surface area contributed by atoms with Crippen LogP contribution in [0.15, 0.2) is 53.4 Å². The van der Waals surface area contributed by atoms with Crippen LogP contribution >= 0.6 is 23.7 Å². The van der Waals surface area contributed by atoms with Gasteiger partial charge in [-0.1, -0.05) is 43.1 Å². The molecule has 1 aliphatic carbocycles. The van der Waals surface area contributed by atoms with E-state index in [1.54, 1.807) is 28.0 Å². The van der Waals surface area contributed by atoms with Crippen LogP contribution in [0.4, 0.5) is 14.5 Å². The summed E-state index contributed by atoms with van der Waals surface area (Å²) in [6.45, 7) is 1.79. The summed E-state index contributed by atoms with van der Waals surface area (Å²) >= 11 is 3.33. The van der Waals surface area contributed by atoms with Gasteiger partial charge in [0.1, 0.15) is 0 Å². The summed E-state index contributed by atoms with van der Waals surface area (Å²) in [5.74, 6) is -1.56. The zero-order valence-electron chi connectivity index (χ0n) is 16.3. The van der Waals surface area contributed by atoms with Crippen molar-refractivity contribution in [2.75, 3.05) is 24.2 Å². The average Bonchev–Trinajstić information content (AvgIpc) is 3.43. The van der Waals surface area contributed by atoms with Gasteiger partial charge in [0.2, 0.25) is 5.91 Å². The normalized spacial score (nSPS) is 19.4. The molecule has 1 N–H and O–H groups in total. The Kier molecular flexibility index (Phi) is 5.91. The van der Waals surface area contributed by atoms with E-state index >= 15 is 0 Å². The molecule has 4 rings (SSSR count). The minimum absolute atomic E-state index is 0.0491. The molecule has 1 saturated heterocycles. The lowest BCUT2D eigenvalue weighted by atomic mass is 10.1. The second-order valence-corrected chi connectivity index (χ2v) is 10.4. The predicted octanol–water partition coefficient (Wildman–Crippen LogP) is 5.57. The third-order valence-corrected chi connectivity index (χ3v) is 7.52. The van der Waals surface area contributed by atoms with Crippen molar-refractivity contribution in [1.82, 2.24) is 4.31 Å². The number of halogens is 2. The van der Waals surface area contributed by atoms with E-state index in [4.69, 9.17) is 0 Å². The van der Waals surface area contributed by atoms with Crippen molar-refractivity contribution in [1.29, 1.82) is 0 Å². The van der Waals surface area contributed by atoms with Gasteiger partial charge < -0.3 is 5.32 Å². The predicted molar refractivity (Wildman–Crippen MR) is 117 cm³/mol. The van der Waals surface area contributed by atoms with Crippen molar-refractivity contribution < 1.29 is 13.6 Å². The molecule has 1 heterocycles. The van der Waals surface area contributed by atoms with E-state index in [0.717, 1.165) is 35.4 Å². The highest BCUT2D eigenvalue weighted by Crippen LogP contribution is 2.59. The van der Waals surface area contributed by atoms with E-state index in [1.807, 2.05) is 48.5 Å². The van der Waals surface area contributed by atoms with Gasteiger partial charge in [0.25, 0.3) is 5.92 Å². The highest BCUT2D eigenvalue weighted by molar-refractivity contribution is 7.99. The number of carbonyl (C=O) groups is 1. The number of alkyl halides is 2. The number of rotatable bonds is 8. The SMILES string of the molecule is CCSc1ccc(CC(=O)Nc2ccc(C3(SN4CC(F)(F)C4)CC3)cc2)cc1. The molecule has 1 amide bonds. The van der Waals surface area contributed by atoms with Crippen LogP contribution in [-0.4, -0.2) is 35.0 Å². The Bertz CT molecular complexity index is 859. The van der Waals surface area contributed by atoms with Gasteiger partial charge in [0, 0.05) is 10.6 Å². The molecule has 0 bridgehead atoms. The standard InChI is InChI=1S/C22H24F2N2OS2/c1-2-28-19-9-3-16(4-10-19)13-20(27)25-18-7-5-17(6-8-18)21(11-12-21)29-26-14-22(23,24)15-26/h3-10H,2,11-15H2,1H3,(H,25,27). The fourth-order valence-electron chi connectivity index (χ4n) is 3.45. The van der Waals surface area contributed by atoms with Crippen molar-refractivity contribution in [3.63, 3.8) is 0 Å². The monoisotopic (exact) mass is 434 g/mol. The molecule has 1 saturated carbocycles. The zero-order valence-corrected chi connectivity index (χ0v) is 17.9. The Labute approximate surface area is 178 Å². The number of nitrogens with zero attached hydrogens (tertiary/aromatic N) is 1. The summed E-state index contributed by atoms with van der Waals surface area (Å²) < 4.78 is 27.8. The molecule has 2 fully saturated rings. The molecule has 1 aliphatic heterocycles. The second kappa shape index (κ2) is 8.28. The topological polar surface area (TPSA) is 32.3 Å². The van der Waals surface area contributed by atoms with E-state index < -0.39 is 5.92 Å². The molecular formula is C22H24F2N2OS2. The summed E-state index contributed by atoms with van der Waals surface area (Å²) in [5.41, 5.74) is 2.88. The second-order valence-electron chi connectivity index (χ2n) is 7.62. The van der Waals surface area contributed by atoms with Gasteiger partial charge in [0.15, 0.2) is 0 Å². The summed E-state index contributed by atoms with van der Waals surface area (Å²) in [4.78, 5) is 13.6. The molecular weight excluding hydrogens is 410 g/mol. The molecule has 29 heavy (non-hydrogen) atoms. The first-order valence-corrected chi connectivity index (χ1v) is 11.6. The molecule has 0 aromatic heterocycles. The average molecular weight is 435 g/mol. The number of benzene rings is 2. The van der Waals surface area contributed by atoms with E-state index in [2.05, 4.69) is 12.2 Å². The number of hydrogen-bond donors (Lipinski definition) is 1. The summed E-state index contributed by atoms with van der Waals surface area (Å²) in [5, 5.41) is 2.94. The molecule has 154 valence electrons. The van der Waals surface area contributed by atoms with Gasteiger partial charge in [-0.15, -0.1) is 11.8 Å². The number of thioether (sulfide) groups is 1. The maximum Gasteiger partial charge on any atom is 0.274 e. The largest absolute Gasteiger partial charge is 0.326 e. The van der Waals surface area contributed by atoms with Gasteiger partial charge in [-0.2, -0.15) is 0 Å². The Morgan fingerprint density at radius 3 is 2.28 bits per heavy atom. The molecule has 0 unspecified atom stereocenters. The fraction of sp³-hybridized carbons (Fsp3) is 0.409. The first-order chi connectivity index (χ1) is 13.9. The van der Waals surface area contributed by atoms with Gasteiger partial charge in [-0.3, -0.25) is 4.79 Å². The Hall–Kier alpha value is -1.57. The van der Waals surface area contributed by atoms with Crippen LogP contribution < -0.4 is 5.32 Å². The van der Waals surface area contributed by atoms with Crippen LogP contribution in [-0.2, 0) is 16.0 Å². The Morgan fingerprint density at radius 2 is 1.72 bits per heavy atom. The number of nitrogens with one attached hydrogen (secondary N) is 1. The van der Waals surface area contributed by atoms with Gasteiger partial charge in [-0.05, 0) is 54.0 Å². The minimum Gasteiger partial charge on any atom is -0.326 e. The summed E-state index contributed by atoms with van der Waals surface area (Å²) in [7, 11) is 0. The highest BCUT2D eigenvalue weighted by Gasteiger charge is 2.52. The number of amides is 1. The van der Waals surface area contributed by atoms with Gasteiger partial charge in [-0.25, -0.2) is 13.1 Å². The molecule has 0 radical (unpaired) electrons. The van der Waals surface area contributed by atoms with Crippen LogP contribution in [0.5, 0.6) is 0 Å². The maximum absolute atomic E-state index is 13.1. The molecule has 7 heteroatoms. The van der Waals surface area contributed by atoms with Gasteiger partial charge in [0.05, 0.1) is 24.3 Å². The number of anilines is 1. The third kappa shape index (κ3) is 5.13. The van der Waals surface area contributed by atoms with Crippen molar-refractivity contribution in [2.24, 2.45) is 0 Å². The highest BCUT2D eigenvalue weighted by atomic mass is 32.2. The van der Waals surface area contributed by atoms with E-state index in [0.29, 0.717) is 6.42 Å². The van der Waals surface area contributed by atoms with Crippen LogP contribution in [0.1, 0.15) is 30.9 Å². The fourth-order valence-corrected chi connectivity index (χ4v) is 5.63. The van der Waals surface area contributed by atoms with Crippen LogP contribution in [0.3, 0.4) is 0 Å². The number of carbonyl (C=O) groups excluding carboxylic acids is 1. The summed E-state index contributed by atoms with van der Waals surface area (Å²) in [6, 6.07) is 15.9. The van der Waals surface area contributed by atoms with Crippen LogP contribution in [0.2, 0.25) is 0 Å². The molecule has 2 aromatic carbocycles. The molecule has 2 aromatic rings. The maximum atomic E-state index is 13.1. The van der Waals surface area contributed by atoms with E-state index in [1.165, 1.54) is 4.90 Å². The Morgan fingerprint density at radius 1 is 1.07 bits per heavy atom.